The maximum absolute atomic E-state index is 6.17. The molecule has 0 radical (unpaired) electrons. The summed E-state index contributed by atoms with van der Waals surface area (Å²) in [4.78, 5) is 4.78. The number of fused-ring (bicyclic) bond motifs is 5. The Hall–Kier alpha value is -2.32. The van der Waals surface area contributed by atoms with Gasteiger partial charge in [0.05, 0.1) is 16.6 Å². The highest BCUT2D eigenvalue weighted by Crippen LogP contribution is 2.21. The smallest absolute Gasteiger partial charge is 0.146 e. The number of halogens is 1. The van der Waals surface area contributed by atoms with Crippen molar-refractivity contribution in [2.45, 2.75) is 6.92 Å². The molecule has 0 N–H and O–H groups in total. The number of hydrogen-bond donors (Lipinski definition) is 0. The number of pyridine rings is 1. The summed E-state index contributed by atoms with van der Waals surface area (Å²) < 4.78 is 2.19. The van der Waals surface area contributed by atoms with Gasteiger partial charge in [-0.25, -0.2) is 4.98 Å². The molecule has 21 heavy (non-hydrogen) atoms. The van der Waals surface area contributed by atoms with Crippen LogP contribution in [0.4, 0.5) is 0 Å². The van der Waals surface area contributed by atoms with Crippen molar-refractivity contribution in [1.29, 1.82) is 0 Å². The molecule has 4 rings (SSSR count). The molecule has 0 fully saturated rings. The second-order valence-electron chi connectivity index (χ2n) is 5.10. The second-order valence-corrected chi connectivity index (χ2v) is 5.54. The lowest BCUT2D eigenvalue weighted by molar-refractivity contribution is 1.27. The van der Waals surface area contributed by atoms with Crippen LogP contribution in [0.15, 0.2) is 42.5 Å². The van der Waals surface area contributed by atoms with Gasteiger partial charge in [0.1, 0.15) is 5.65 Å². The third-order valence-electron chi connectivity index (χ3n) is 3.94. The Morgan fingerprint density at radius 2 is 1.95 bits per heavy atom. The van der Waals surface area contributed by atoms with Gasteiger partial charge in [-0.05, 0) is 42.5 Å². The van der Waals surface area contributed by atoms with Gasteiger partial charge < -0.3 is 0 Å². The molecule has 0 aliphatic rings. The Morgan fingerprint density at radius 3 is 2.76 bits per heavy atom. The summed E-state index contributed by atoms with van der Waals surface area (Å²) in [7, 11) is 0. The fourth-order valence-corrected chi connectivity index (χ4v) is 3.15. The van der Waals surface area contributed by atoms with E-state index < -0.39 is 0 Å². The molecule has 102 valence electrons. The molecule has 0 unspecified atom stereocenters. The maximum Gasteiger partial charge on any atom is 0.146 e. The van der Waals surface area contributed by atoms with Gasteiger partial charge in [0, 0.05) is 15.6 Å². The Bertz CT molecular complexity index is 1120. The van der Waals surface area contributed by atoms with E-state index in [-0.39, 0.29) is 0 Å². The van der Waals surface area contributed by atoms with Crippen LogP contribution in [0.5, 0.6) is 0 Å². The topological polar surface area (TPSA) is 17.3 Å². The number of benzene rings is 2. The van der Waals surface area contributed by atoms with E-state index in [4.69, 9.17) is 16.6 Å². The van der Waals surface area contributed by atoms with E-state index in [9.17, 15) is 0 Å². The lowest BCUT2D eigenvalue weighted by Crippen LogP contribution is -2.27. The van der Waals surface area contributed by atoms with Crippen molar-refractivity contribution in [2.75, 3.05) is 0 Å². The van der Waals surface area contributed by atoms with Crippen molar-refractivity contribution in [3.63, 3.8) is 0 Å². The quantitative estimate of drug-likeness (QED) is 0.485. The summed E-state index contributed by atoms with van der Waals surface area (Å²) in [5.41, 5.74) is 4.11. The Balaban J connectivity index is 2.48. The van der Waals surface area contributed by atoms with Crippen LogP contribution in [-0.4, -0.2) is 9.38 Å². The van der Waals surface area contributed by atoms with E-state index in [1.807, 2.05) is 43.3 Å². The van der Waals surface area contributed by atoms with Gasteiger partial charge in [0.25, 0.3) is 0 Å². The molecule has 0 amide bonds. The summed E-state index contributed by atoms with van der Waals surface area (Å²) in [5.74, 6) is 0. The van der Waals surface area contributed by atoms with Crippen molar-refractivity contribution in [3.05, 3.63) is 57.9 Å². The monoisotopic (exact) mass is 292 g/mol. The fraction of sp³-hybridized carbons (Fsp3) is 0.0556. The summed E-state index contributed by atoms with van der Waals surface area (Å²) in [6, 6.07) is 14.1. The molecule has 0 aliphatic heterocycles. The normalized spacial score (nSPS) is 12.8. The van der Waals surface area contributed by atoms with Gasteiger partial charge in [0.2, 0.25) is 0 Å². The minimum Gasteiger partial charge on any atom is -0.292 e. The average molecular weight is 293 g/mol. The van der Waals surface area contributed by atoms with E-state index in [1.54, 1.807) is 0 Å². The third kappa shape index (κ3) is 1.63. The van der Waals surface area contributed by atoms with Crippen molar-refractivity contribution in [2.24, 2.45) is 0 Å². The number of hydrogen-bond acceptors (Lipinski definition) is 1. The van der Waals surface area contributed by atoms with Crippen LogP contribution >= 0.6 is 11.6 Å². The van der Waals surface area contributed by atoms with E-state index in [2.05, 4.69) is 23.1 Å². The first-order chi connectivity index (χ1) is 10.2. The molecule has 3 heteroatoms. The molecule has 2 aromatic carbocycles. The lowest BCUT2D eigenvalue weighted by Gasteiger charge is -2.06. The zero-order valence-corrected chi connectivity index (χ0v) is 12.4. The van der Waals surface area contributed by atoms with Crippen LogP contribution in [0.1, 0.15) is 6.92 Å². The molecule has 4 aromatic rings. The van der Waals surface area contributed by atoms with Gasteiger partial charge in [0.15, 0.2) is 0 Å². The van der Waals surface area contributed by atoms with Gasteiger partial charge in [-0.3, -0.25) is 4.40 Å². The van der Waals surface area contributed by atoms with Gasteiger partial charge >= 0.3 is 0 Å². The fourth-order valence-electron chi connectivity index (χ4n) is 2.98. The number of imidazole rings is 1. The van der Waals surface area contributed by atoms with Crippen molar-refractivity contribution >= 4 is 51.8 Å². The number of rotatable bonds is 0. The molecule has 2 nitrogen and oxygen atoms in total. The molecule has 0 spiro atoms. The summed E-state index contributed by atoms with van der Waals surface area (Å²) in [6.07, 6.45) is 2.06. The molecule has 0 bridgehead atoms. The van der Waals surface area contributed by atoms with Crippen molar-refractivity contribution < 1.29 is 0 Å². The van der Waals surface area contributed by atoms with Crippen molar-refractivity contribution in [3.8, 4) is 0 Å². The standard InChI is InChI=1S/C18H13ClN2/c1-3-13-11(2)14-10-12(19)8-9-16(14)21-17-7-5-4-6-15(17)20-18(13)21/h3-10H,2H2,1H3/b13-3+. The highest BCUT2D eigenvalue weighted by atomic mass is 35.5. The Morgan fingerprint density at radius 1 is 1.14 bits per heavy atom. The van der Waals surface area contributed by atoms with Crippen LogP contribution in [0.2, 0.25) is 5.02 Å². The molecule has 2 aromatic heterocycles. The molecule has 0 aliphatic carbocycles. The largest absolute Gasteiger partial charge is 0.292 e. The summed E-state index contributed by atoms with van der Waals surface area (Å²) in [5, 5.41) is 3.81. The average Bonchev–Trinajstić information content (AvgIpc) is 2.87. The van der Waals surface area contributed by atoms with Gasteiger partial charge in [-0.1, -0.05) is 36.4 Å². The van der Waals surface area contributed by atoms with Gasteiger partial charge in [-0.15, -0.1) is 0 Å². The first-order valence-corrected chi connectivity index (χ1v) is 7.22. The van der Waals surface area contributed by atoms with Crippen LogP contribution < -0.4 is 10.4 Å². The summed E-state index contributed by atoms with van der Waals surface area (Å²) >= 11 is 6.17. The second kappa shape index (κ2) is 4.34. The van der Waals surface area contributed by atoms with E-state index in [0.717, 1.165) is 43.0 Å². The van der Waals surface area contributed by atoms with Crippen LogP contribution in [-0.2, 0) is 0 Å². The Kier molecular flexibility index (Phi) is 2.57. The first kappa shape index (κ1) is 12.4. The van der Waals surface area contributed by atoms with Crippen LogP contribution in [0.3, 0.4) is 0 Å². The maximum atomic E-state index is 6.17. The molecule has 0 atom stereocenters. The zero-order valence-electron chi connectivity index (χ0n) is 11.6. The predicted molar refractivity (Wildman–Crippen MR) is 90.1 cm³/mol. The molecule has 0 saturated heterocycles. The van der Waals surface area contributed by atoms with E-state index in [1.165, 1.54) is 0 Å². The predicted octanol–water partition coefficient (Wildman–Crippen LogP) is 3.50. The number of aromatic nitrogens is 2. The Labute approximate surface area is 126 Å². The van der Waals surface area contributed by atoms with Crippen molar-refractivity contribution in [1.82, 2.24) is 9.38 Å². The summed E-state index contributed by atoms with van der Waals surface area (Å²) in [6.45, 7) is 6.25. The first-order valence-electron chi connectivity index (χ1n) is 6.84. The molecule has 2 heterocycles. The number of nitrogens with zero attached hydrogens (tertiary/aromatic N) is 2. The minimum atomic E-state index is 0.721. The molecular formula is C18H13ClN2. The zero-order chi connectivity index (χ0) is 14.6. The SMILES string of the molecule is C=c1/c(=C\C)c2nc3ccccc3n2c2ccc(Cl)cc12. The highest BCUT2D eigenvalue weighted by Gasteiger charge is 2.10. The molecule has 0 saturated carbocycles. The van der Waals surface area contributed by atoms with E-state index >= 15 is 0 Å². The van der Waals surface area contributed by atoms with Gasteiger partial charge in [-0.2, -0.15) is 0 Å². The third-order valence-corrected chi connectivity index (χ3v) is 4.18. The van der Waals surface area contributed by atoms with Crippen LogP contribution in [0.25, 0.3) is 40.2 Å². The van der Waals surface area contributed by atoms with Crippen LogP contribution in [0, 0.1) is 0 Å². The highest BCUT2D eigenvalue weighted by molar-refractivity contribution is 6.31. The minimum absolute atomic E-state index is 0.721. The molecular weight excluding hydrogens is 280 g/mol. The number of para-hydroxylation sites is 2. The lowest BCUT2D eigenvalue weighted by atomic mass is 10.1. The van der Waals surface area contributed by atoms with E-state index in [0.29, 0.717) is 0 Å².